The van der Waals surface area contributed by atoms with E-state index in [2.05, 4.69) is 0 Å². The third kappa shape index (κ3) is 94.0. The van der Waals surface area contributed by atoms with Crippen LogP contribution in [0, 0.1) is 0 Å². The molecule has 5 heteroatoms. The predicted octanol–water partition coefficient (Wildman–Crippen LogP) is 0.499. The van der Waals surface area contributed by atoms with Gasteiger partial charge in [0.1, 0.15) is 0 Å². The predicted molar refractivity (Wildman–Crippen MR) is 14.8 cm³/mol. The van der Waals surface area contributed by atoms with Crippen LogP contribution < -0.4 is 0 Å². The molecule has 5 heavy (non-hydrogen) atoms. The second-order valence-corrected chi connectivity index (χ2v) is 4.60. The Bertz CT molecular complexity index is 22.4. The number of rotatable bonds is 0. The van der Waals surface area contributed by atoms with Gasteiger partial charge < -0.3 is 0 Å². The zero-order valence-electron chi connectivity index (χ0n) is 2.08. The van der Waals surface area contributed by atoms with Crippen molar-refractivity contribution in [2.75, 3.05) is 0 Å². The van der Waals surface area contributed by atoms with E-state index in [0.29, 0.717) is 0 Å². The van der Waals surface area contributed by atoms with Crippen molar-refractivity contribution < 1.29 is 12.3 Å². The third-order valence-corrected chi connectivity index (χ3v) is 0. The molecule has 0 saturated heterocycles. The van der Waals surface area contributed by atoms with Gasteiger partial charge in [0, 0.05) is 0 Å². The average Bonchev–Trinajstić information content (AvgIpc) is 0.722. The molecule has 2 radical (unpaired) electrons. The van der Waals surface area contributed by atoms with E-state index in [4.69, 9.17) is 0 Å². The molecule has 0 N–H and O–H groups in total. The molecule has 0 aliphatic heterocycles. The topological polar surface area (TPSA) is 0 Å². The quantitative estimate of drug-likeness (QED) is 0.357. The fourth-order valence-electron chi connectivity index (χ4n) is 0. The monoisotopic (exact) mass is 160 g/mol. The maximum atomic E-state index is 10.5. The van der Waals surface area contributed by atoms with Crippen LogP contribution in [0.25, 0.3) is 0 Å². The molecule has 0 unspecified atom stereocenters. The first-order chi connectivity index (χ1) is 2.00. The van der Waals surface area contributed by atoms with Gasteiger partial charge in [0.25, 0.3) is 0 Å². The van der Waals surface area contributed by atoms with Crippen LogP contribution in [0.5, 0.6) is 0 Å². The van der Waals surface area contributed by atoms with Gasteiger partial charge in [0.15, 0.2) is 0 Å². The summed E-state index contributed by atoms with van der Waals surface area (Å²) in [6, 6.07) is 0. The SMILES string of the molecule is F[Si](F)(F)[As]. The number of hydrogen-bond donors (Lipinski definition) is 0. The van der Waals surface area contributed by atoms with Crippen LogP contribution >= 0.6 is 0 Å². The van der Waals surface area contributed by atoms with E-state index < -0.39 is 7.54 Å². The minimum absolute atomic E-state index is 0.722. The Labute approximate surface area is 36.8 Å². The van der Waals surface area contributed by atoms with Crippen molar-refractivity contribution in [1.29, 1.82) is 0 Å². The Kier molecular flexibility index (Phi) is 1.50. The van der Waals surface area contributed by atoms with E-state index in [-0.39, 0.29) is 0 Å². The fourth-order valence-corrected chi connectivity index (χ4v) is 0. The molecule has 0 aliphatic rings. The molecule has 0 atom stereocenters. The summed E-state index contributed by atoms with van der Waals surface area (Å²) in [6.45, 7) is 0. The van der Waals surface area contributed by atoms with Crippen LogP contribution in [0.1, 0.15) is 0 Å². The molecule has 0 bridgehead atoms. The summed E-state index contributed by atoms with van der Waals surface area (Å²) in [6.07, 6.45) is 0. The van der Waals surface area contributed by atoms with E-state index in [9.17, 15) is 12.3 Å². The van der Waals surface area contributed by atoms with Crippen LogP contribution in [0.2, 0.25) is 0 Å². The molecule has 0 saturated carbocycles. The van der Waals surface area contributed by atoms with E-state index >= 15 is 0 Å². The van der Waals surface area contributed by atoms with Gasteiger partial charge in [-0.15, -0.1) is 0 Å². The molecule has 0 amide bonds. The molecule has 0 nitrogen and oxygen atoms in total. The zero-order valence-corrected chi connectivity index (χ0v) is 4.96. The first-order valence-corrected chi connectivity index (χ1v) is 5.19. The maximum absolute atomic E-state index is 10.5. The summed E-state index contributed by atoms with van der Waals surface area (Å²) in [5.41, 5.74) is 0. The van der Waals surface area contributed by atoms with Gasteiger partial charge in [-0.25, -0.2) is 0 Å². The second-order valence-electron chi connectivity index (χ2n) is 0.468. The molecule has 0 aromatic heterocycles. The number of hydrogen-bond acceptors (Lipinski definition) is 0. The summed E-state index contributed by atoms with van der Waals surface area (Å²) in [4.78, 5) is 0. The van der Waals surface area contributed by atoms with Crippen LogP contribution in [0.15, 0.2) is 0 Å². The molecule has 0 aromatic carbocycles. The summed E-state index contributed by atoms with van der Waals surface area (Å²) in [5, 5.41) is 0. The van der Waals surface area contributed by atoms with Gasteiger partial charge in [-0.05, 0) is 0 Å². The summed E-state index contributed by atoms with van der Waals surface area (Å²) < 4.78 is 31.4. The Balaban J connectivity index is 3.02. The Morgan fingerprint density at radius 2 is 1.20 bits per heavy atom. The van der Waals surface area contributed by atoms with Crippen LogP contribution in [-0.4, -0.2) is 23.7 Å². The molecular weight excluding hydrogens is 160 g/mol. The molecule has 0 rings (SSSR count). The Morgan fingerprint density at radius 3 is 1.20 bits per heavy atom. The van der Waals surface area contributed by atoms with Gasteiger partial charge in [0.2, 0.25) is 0 Å². The molecule has 0 heterocycles. The van der Waals surface area contributed by atoms with E-state index in [0.717, 1.165) is 16.2 Å². The summed E-state index contributed by atoms with van der Waals surface area (Å²) in [5.74, 6) is 0. The van der Waals surface area contributed by atoms with Crippen molar-refractivity contribution in [3.63, 3.8) is 0 Å². The van der Waals surface area contributed by atoms with Gasteiger partial charge in [0.05, 0.1) is 0 Å². The second kappa shape index (κ2) is 1.35. The van der Waals surface area contributed by atoms with Gasteiger partial charge in [-0.1, -0.05) is 0 Å². The molecular formula is AsF3Si. The summed E-state index contributed by atoms with van der Waals surface area (Å²) in [7, 11) is -5.17. The van der Waals surface area contributed by atoms with Crippen LogP contribution in [0.4, 0.5) is 12.3 Å². The fraction of sp³-hybridized carbons (Fsp3) is 0. The van der Waals surface area contributed by atoms with E-state index in [1.54, 1.807) is 0 Å². The van der Waals surface area contributed by atoms with E-state index in [1.165, 1.54) is 0 Å². The van der Waals surface area contributed by atoms with Crippen molar-refractivity contribution in [1.82, 2.24) is 0 Å². The first-order valence-electron chi connectivity index (χ1n) is 0.791. The van der Waals surface area contributed by atoms with Gasteiger partial charge in [-0.2, -0.15) is 0 Å². The standard InChI is InChI=1S/AsF3Si/c1-5(2,3)4. The van der Waals surface area contributed by atoms with Crippen LogP contribution in [0.3, 0.4) is 0 Å². The van der Waals surface area contributed by atoms with Crippen molar-refractivity contribution in [2.45, 2.75) is 0 Å². The normalized spacial score (nSPS) is 12.0. The minimum atomic E-state index is -5.17. The van der Waals surface area contributed by atoms with Crippen molar-refractivity contribution in [2.24, 2.45) is 0 Å². The van der Waals surface area contributed by atoms with Gasteiger partial charge in [-0.3, -0.25) is 0 Å². The molecule has 30 valence electrons. The summed E-state index contributed by atoms with van der Waals surface area (Å²) >= 11 is 0.722. The zero-order chi connectivity index (χ0) is 4.50. The number of halogens is 3. The Hall–Kier alpha value is 0.565. The molecule has 0 fully saturated rings. The third-order valence-electron chi connectivity index (χ3n) is 0. The van der Waals surface area contributed by atoms with Crippen molar-refractivity contribution in [3.05, 3.63) is 0 Å². The van der Waals surface area contributed by atoms with Crippen LogP contribution in [-0.2, 0) is 0 Å². The van der Waals surface area contributed by atoms with E-state index in [1.807, 2.05) is 0 Å². The molecule has 0 spiro atoms. The Morgan fingerprint density at radius 1 is 1.20 bits per heavy atom. The molecule has 0 aromatic rings. The molecule has 0 aliphatic carbocycles. The average molecular weight is 160 g/mol. The van der Waals surface area contributed by atoms with Crippen molar-refractivity contribution >= 4 is 23.7 Å². The van der Waals surface area contributed by atoms with Gasteiger partial charge >= 0.3 is 36.1 Å². The first kappa shape index (κ1) is 5.57. The van der Waals surface area contributed by atoms with Crippen molar-refractivity contribution in [3.8, 4) is 0 Å².